The molecule has 2 aromatic carbocycles. The molecule has 0 unspecified atom stereocenters. The summed E-state index contributed by atoms with van der Waals surface area (Å²) in [4.78, 5) is 4.43. The molecule has 0 saturated carbocycles. The van der Waals surface area contributed by atoms with Crippen LogP contribution in [0.4, 0.5) is 5.95 Å². The quantitative estimate of drug-likeness (QED) is 0.646. The number of nitrogen functional groups attached to an aromatic ring is 1. The van der Waals surface area contributed by atoms with Crippen molar-refractivity contribution < 1.29 is 9.47 Å². The van der Waals surface area contributed by atoms with Gasteiger partial charge >= 0.3 is 0 Å². The lowest BCUT2D eigenvalue weighted by molar-refractivity contribution is 0.171. The van der Waals surface area contributed by atoms with Gasteiger partial charge in [0, 0.05) is 9.64 Å². The Kier molecular flexibility index (Phi) is 2.91. The summed E-state index contributed by atoms with van der Waals surface area (Å²) in [6.07, 6.45) is 0. The van der Waals surface area contributed by atoms with E-state index in [-0.39, 0.29) is 0 Å². The Labute approximate surface area is 134 Å². The van der Waals surface area contributed by atoms with Crippen LogP contribution in [0.3, 0.4) is 0 Å². The van der Waals surface area contributed by atoms with Gasteiger partial charge in [-0.2, -0.15) is 0 Å². The highest BCUT2D eigenvalue weighted by atomic mass is 127. The molecule has 0 bridgehead atoms. The molecule has 2 N–H and O–H groups in total. The van der Waals surface area contributed by atoms with E-state index in [0.29, 0.717) is 19.2 Å². The van der Waals surface area contributed by atoms with E-state index in [4.69, 9.17) is 15.2 Å². The lowest BCUT2D eigenvalue weighted by Gasteiger charge is -2.19. The zero-order chi connectivity index (χ0) is 14.4. The summed E-state index contributed by atoms with van der Waals surface area (Å²) in [6.45, 7) is 1.15. The summed E-state index contributed by atoms with van der Waals surface area (Å²) < 4.78 is 14.2. The SMILES string of the molecule is Nc1nc2cc(I)ccc2n1-c1ccc2c(c1)OCCO2. The van der Waals surface area contributed by atoms with E-state index in [1.165, 1.54) is 0 Å². The van der Waals surface area contributed by atoms with E-state index in [0.717, 1.165) is 31.8 Å². The van der Waals surface area contributed by atoms with Gasteiger partial charge < -0.3 is 15.2 Å². The molecule has 0 radical (unpaired) electrons. The molecule has 0 spiro atoms. The monoisotopic (exact) mass is 393 g/mol. The molecule has 106 valence electrons. The van der Waals surface area contributed by atoms with Crippen molar-refractivity contribution in [3.63, 3.8) is 0 Å². The molecule has 5 nitrogen and oxygen atoms in total. The Hall–Kier alpha value is -1.96. The highest BCUT2D eigenvalue weighted by molar-refractivity contribution is 14.1. The van der Waals surface area contributed by atoms with E-state index in [9.17, 15) is 0 Å². The normalized spacial score (nSPS) is 13.6. The number of rotatable bonds is 1. The first kappa shape index (κ1) is 12.8. The average molecular weight is 393 g/mol. The second kappa shape index (κ2) is 4.80. The lowest BCUT2D eigenvalue weighted by atomic mass is 10.2. The second-order valence-electron chi connectivity index (χ2n) is 4.77. The third kappa shape index (κ3) is 2.10. The molecule has 0 amide bonds. The van der Waals surface area contributed by atoms with Crippen LogP contribution in [-0.2, 0) is 0 Å². The number of imidazole rings is 1. The van der Waals surface area contributed by atoms with Gasteiger partial charge in [-0.3, -0.25) is 4.57 Å². The molecule has 4 rings (SSSR count). The van der Waals surface area contributed by atoms with Crippen LogP contribution < -0.4 is 15.2 Å². The summed E-state index contributed by atoms with van der Waals surface area (Å²) in [7, 11) is 0. The van der Waals surface area contributed by atoms with Crippen molar-refractivity contribution in [1.82, 2.24) is 9.55 Å². The molecule has 0 fully saturated rings. The van der Waals surface area contributed by atoms with E-state index in [1.807, 2.05) is 41.0 Å². The highest BCUT2D eigenvalue weighted by Gasteiger charge is 2.15. The fourth-order valence-electron chi connectivity index (χ4n) is 2.51. The van der Waals surface area contributed by atoms with E-state index in [2.05, 4.69) is 27.6 Å². The number of fused-ring (bicyclic) bond motifs is 2. The van der Waals surface area contributed by atoms with Gasteiger partial charge in [0.05, 0.1) is 16.7 Å². The third-order valence-corrected chi connectivity index (χ3v) is 4.10. The standard InChI is InChI=1S/C15H12IN3O2/c16-9-1-3-12-11(7-9)18-15(17)19(12)10-2-4-13-14(8-10)21-6-5-20-13/h1-4,7-8H,5-6H2,(H2,17,18). The molecular weight excluding hydrogens is 381 g/mol. The zero-order valence-corrected chi connectivity index (χ0v) is 13.2. The number of aromatic nitrogens is 2. The number of benzene rings is 2. The zero-order valence-electron chi connectivity index (χ0n) is 11.0. The molecule has 21 heavy (non-hydrogen) atoms. The van der Waals surface area contributed by atoms with Crippen molar-refractivity contribution in [3.8, 4) is 17.2 Å². The number of halogens is 1. The van der Waals surface area contributed by atoms with Gasteiger partial charge in [0.25, 0.3) is 0 Å². The van der Waals surface area contributed by atoms with Crippen molar-refractivity contribution in [1.29, 1.82) is 0 Å². The average Bonchev–Trinajstić information content (AvgIpc) is 2.81. The molecule has 0 atom stereocenters. The van der Waals surface area contributed by atoms with E-state index < -0.39 is 0 Å². The van der Waals surface area contributed by atoms with Gasteiger partial charge in [-0.05, 0) is 52.9 Å². The largest absolute Gasteiger partial charge is 0.486 e. The summed E-state index contributed by atoms with van der Waals surface area (Å²) >= 11 is 2.27. The van der Waals surface area contributed by atoms with Crippen molar-refractivity contribution in [2.75, 3.05) is 18.9 Å². The Morgan fingerprint density at radius 1 is 1.05 bits per heavy atom. The Morgan fingerprint density at radius 2 is 1.86 bits per heavy atom. The minimum absolute atomic E-state index is 0.462. The third-order valence-electron chi connectivity index (χ3n) is 3.43. The van der Waals surface area contributed by atoms with Crippen LogP contribution in [0.2, 0.25) is 0 Å². The number of hydrogen-bond acceptors (Lipinski definition) is 4. The van der Waals surface area contributed by atoms with Crippen LogP contribution in [-0.4, -0.2) is 22.8 Å². The number of nitrogens with two attached hydrogens (primary N) is 1. The summed E-state index contributed by atoms with van der Waals surface area (Å²) in [6, 6.07) is 11.9. The number of anilines is 1. The Bertz CT molecular complexity index is 844. The molecule has 0 aliphatic carbocycles. The predicted octanol–water partition coefficient (Wildman–Crippen LogP) is 2.98. The maximum atomic E-state index is 6.09. The van der Waals surface area contributed by atoms with Gasteiger partial charge in [0.1, 0.15) is 13.2 Å². The first-order valence-corrected chi connectivity index (χ1v) is 7.64. The van der Waals surface area contributed by atoms with Crippen LogP contribution in [0.5, 0.6) is 11.5 Å². The first-order chi connectivity index (χ1) is 10.2. The number of nitrogens with zero attached hydrogens (tertiary/aromatic N) is 2. The fourth-order valence-corrected chi connectivity index (χ4v) is 2.99. The molecule has 1 aliphatic rings. The molecular formula is C15H12IN3O2. The highest BCUT2D eigenvalue weighted by Crippen LogP contribution is 2.34. The summed E-state index contributed by atoms with van der Waals surface area (Å²) in [5.74, 6) is 1.97. The summed E-state index contributed by atoms with van der Waals surface area (Å²) in [5, 5.41) is 0. The van der Waals surface area contributed by atoms with Crippen LogP contribution >= 0.6 is 22.6 Å². The van der Waals surface area contributed by atoms with Gasteiger partial charge in [-0.25, -0.2) is 4.98 Å². The maximum absolute atomic E-state index is 6.09. The van der Waals surface area contributed by atoms with Gasteiger partial charge in [-0.15, -0.1) is 0 Å². The Balaban J connectivity index is 1.92. The number of ether oxygens (including phenoxy) is 2. The first-order valence-electron chi connectivity index (χ1n) is 6.56. The molecule has 0 saturated heterocycles. The second-order valence-corrected chi connectivity index (χ2v) is 6.01. The molecule has 6 heteroatoms. The summed E-state index contributed by atoms with van der Waals surface area (Å²) in [5.41, 5.74) is 8.87. The van der Waals surface area contributed by atoms with E-state index >= 15 is 0 Å². The minimum Gasteiger partial charge on any atom is -0.486 e. The van der Waals surface area contributed by atoms with Crippen LogP contribution in [0, 0.1) is 3.57 Å². The smallest absolute Gasteiger partial charge is 0.205 e. The van der Waals surface area contributed by atoms with Crippen LogP contribution in [0.25, 0.3) is 16.7 Å². The van der Waals surface area contributed by atoms with Gasteiger partial charge in [-0.1, -0.05) is 0 Å². The van der Waals surface area contributed by atoms with Crippen molar-refractivity contribution >= 4 is 39.6 Å². The van der Waals surface area contributed by atoms with Gasteiger partial charge in [0.2, 0.25) is 5.95 Å². The molecule has 1 aromatic heterocycles. The minimum atomic E-state index is 0.462. The molecule has 1 aliphatic heterocycles. The van der Waals surface area contributed by atoms with Crippen molar-refractivity contribution in [3.05, 3.63) is 40.0 Å². The lowest BCUT2D eigenvalue weighted by Crippen LogP contribution is -2.15. The topological polar surface area (TPSA) is 62.3 Å². The van der Waals surface area contributed by atoms with Crippen molar-refractivity contribution in [2.45, 2.75) is 0 Å². The maximum Gasteiger partial charge on any atom is 0.205 e. The van der Waals surface area contributed by atoms with E-state index in [1.54, 1.807) is 0 Å². The van der Waals surface area contributed by atoms with Gasteiger partial charge in [0.15, 0.2) is 11.5 Å². The van der Waals surface area contributed by atoms with Crippen LogP contribution in [0.15, 0.2) is 36.4 Å². The number of hydrogen-bond donors (Lipinski definition) is 1. The van der Waals surface area contributed by atoms with Crippen LogP contribution in [0.1, 0.15) is 0 Å². The molecule has 2 heterocycles. The fraction of sp³-hybridized carbons (Fsp3) is 0.133. The Morgan fingerprint density at radius 3 is 2.71 bits per heavy atom. The predicted molar refractivity (Wildman–Crippen MR) is 89.2 cm³/mol. The molecule has 3 aromatic rings. The van der Waals surface area contributed by atoms with Crippen molar-refractivity contribution in [2.24, 2.45) is 0 Å².